The first kappa shape index (κ1) is 26.0. The number of anilines is 1. The van der Waals surface area contributed by atoms with Gasteiger partial charge in [0.05, 0.1) is 18.1 Å². The number of piperidine rings is 1. The monoisotopic (exact) mass is 474 g/mol. The van der Waals surface area contributed by atoms with Gasteiger partial charge in [0.1, 0.15) is 11.4 Å². The van der Waals surface area contributed by atoms with Gasteiger partial charge in [-0.2, -0.15) is 0 Å². The normalized spacial score (nSPS) is 18.4. The minimum atomic E-state index is -0.577. The predicted octanol–water partition coefficient (Wildman–Crippen LogP) is 4.45. The number of nitrogens with zero attached hydrogens (tertiary/aromatic N) is 2. The van der Waals surface area contributed by atoms with E-state index in [9.17, 15) is 14.4 Å². The zero-order chi connectivity index (χ0) is 24.9. The van der Waals surface area contributed by atoms with Crippen LogP contribution in [0.3, 0.4) is 0 Å². The van der Waals surface area contributed by atoms with Crippen LogP contribution in [-0.2, 0) is 14.3 Å². The molecule has 2 aliphatic rings. The fourth-order valence-corrected chi connectivity index (χ4v) is 4.17. The number of carbonyl (C=O) groups is 3. The molecule has 1 heterocycles. The van der Waals surface area contributed by atoms with Gasteiger partial charge in [-0.05, 0) is 65.5 Å². The van der Waals surface area contributed by atoms with Crippen molar-refractivity contribution in [1.29, 1.82) is 0 Å². The van der Waals surface area contributed by atoms with E-state index in [2.05, 4.69) is 0 Å². The number of hydrogen-bond donors (Lipinski definition) is 0. The maximum absolute atomic E-state index is 13.7. The molecule has 34 heavy (non-hydrogen) atoms. The molecule has 0 N–H and O–H groups in total. The largest absolute Gasteiger partial charge is 0.493 e. The molecule has 2 amide bonds. The zero-order valence-electron chi connectivity index (χ0n) is 21.1. The molecule has 188 valence electrons. The highest BCUT2D eigenvalue weighted by Gasteiger charge is 2.39. The lowest BCUT2D eigenvalue weighted by atomic mass is 9.96. The van der Waals surface area contributed by atoms with E-state index in [1.807, 2.05) is 31.7 Å². The lowest BCUT2D eigenvalue weighted by Gasteiger charge is -2.36. The number of ketones is 1. The molecule has 0 unspecified atom stereocenters. The molecule has 0 aromatic heterocycles. The quantitative estimate of drug-likeness (QED) is 0.388. The Bertz CT molecular complexity index is 890. The SMILES string of the molecule is COCCCOc1cc(N(C(=O)[C@@H]2CCCN(C(=O)OC(C)(C)C)C2)C2CC2)ccc1C(C)=O. The Hall–Kier alpha value is -2.61. The summed E-state index contributed by atoms with van der Waals surface area (Å²) in [5, 5.41) is 0. The zero-order valence-corrected chi connectivity index (χ0v) is 21.1. The second-order valence-corrected chi connectivity index (χ2v) is 10.1. The second-order valence-electron chi connectivity index (χ2n) is 10.1. The Balaban J connectivity index is 1.78. The molecule has 0 spiro atoms. The molecule has 1 aromatic rings. The Morgan fingerprint density at radius 1 is 1.12 bits per heavy atom. The number of carbonyl (C=O) groups excluding carboxylic acids is 3. The van der Waals surface area contributed by atoms with Crippen molar-refractivity contribution < 1.29 is 28.6 Å². The van der Waals surface area contributed by atoms with Crippen molar-refractivity contribution in [3.05, 3.63) is 23.8 Å². The van der Waals surface area contributed by atoms with Gasteiger partial charge in [0.2, 0.25) is 5.91 Å². The van der Waals surface area contributed by atoms with E-state index in [1.54, 1.807) is 24.1 Å². The summed E-state index contributed by atoms with van der Waals surface area (Å²) >= 11 is 0. The van der Waals surface area contributed by atoms with Crippen LogP contribution < -0.4 is 9.64 Å². The third-order valence-corrected chi connectivity index (χ3v) is 5.94. The van der Waals surface area contributed by atoms with Crippen molar-refractivity contribution in [2.45, 2.75) is 71.4 Å². The lowest BCUT2D eigenvalue weighted by molar-refractivity contribution is -0.124. The van der Waals surface area contributed by atoms with Crippen LogP contribution in [0.2, 0.25) is 0 Å². The van der Waals surface area contributed by atoms with Gasteiger partial charge in [0, 0.05) is 51.0 Å². The average Bonchev–Trinajstić information content (AvgIpc) is 3.61. The van der Waals surface area contributed by atoms with Crippen molar-refractivity contribution >= 4 is 23.5 Å². The Kier molecular flexibility index (Phi) is 8.57. The molecule has 1 aliphatic heterocycles. The highest BCUT2D eigenvalue weighted by atomic mass is 16.6. The number of Topliss-reactive ketones (excluding diaryl/α,β-unsaturated/α-hetero) is 1. The summed E-state index contributed by atoms with van der Waals surface area (Å²) in [7, 11) is 1.63. The van der Waals surface area contributed by atoms with E-state index in [1.165, 1.54) is 6.92 Å². The van der Waals surface area contributed by atoms with Crippen molar-refractivity contribution in [2.75, 3.05) is 38.3 Å². The average molecular weight is 475 g/mol. The van der Waals surface area contributed by atoms with Crippen LogP contribution >= 0.6 is 0 Å². The van der Waals surface area contributed by atoms with Gasteiger partial charge in [-0.1, -0.05) is 0 Å². The number of rotatable bonds is 9. The van der Waals surface area contributed by atoms with Crippen LogP contribution in [0.15, 0.2) is 18.2 Å². The van der Waals surface area contributed by atoms with Gasteiger partial charge in [0.25, 0.3) is 0 Å². The number of amides is 2. The van der Waals surface area contributed by atoms with Crippen molar-refractivity contribution in [1.82, 2.24) is 4.90 Å². The number of ether oxygens (including phenoxy) is 3. The molecule has 3 rings (SSSR count). The molecule has 1 saturated heterocycles. The molecule has 1 aliphatic carbocycles. The third-order valence-electron chi connectivity index (χ3n) is 5.94. The number of benzene rings is 1. The Morgan fingerprint density at radius 3 is 2.47 bits per heavy atom. The van der Waals surface area contributed by atoms with Gasteiger partial charge >= 0.3 is 6.09 Å². The molecular weight excluding hydrogens is 436 g/mol. The van der Waals surface area contributed by atoms with Gasteiger partial charge < -0.3 is 24.0 Å². The third kappa shape index (κ3) is 6.95. The topological polar surface area (TPSA) is 85.4 Å². The van der Waals surface area contributed by atoms with Gasteiger partial charge in [-0.15, -0.1) is 0 Å². The summed E-state index contributed by atoms with van der Waals surface area (Å²) in [5.74, 6) is 0.119. The van der Waals surface area contributed by atoms with Crippen LogP contribution in [0.1, 0.15) is 70.2 Å². The minimum Gasteiger partial charge on any atom is -0.493 e. The molecule has 2 fully saturated rings. The number of likely N-dealkylation sites (tertiary alicyclic amines) is 1. The fourth-order valence-electron chi connectivity index (χ4n) is 4.17. The maximum atomic E-state index is 13.7. The van der Waals surface area contributed by atoms with Gasteiger partial charge in [-0.3, -0.25) is 9.59 Å². The molecular formula is C26H38N2O6. The smallest absolute Gasteiger partial charge is 0.410 e. The first-order chi connectivity index (χ1) is 16.1. The maximum Gasteiger partial charge on any atom is 0.410 e. The van der Waals surface area contributed by atoms with Crippen molar-refractivity contribution in [3.63, 3.8) is 0 Å². The first-order valence-electron chi connectivity index (χ1n) is 12.2. The fraction of sp³-hybridized carbons (Fsp3) is 0.654. The number of methoxy groups -OCH3 is 1. The summed E-state index contributed by atoms with van der Waals surface area (Å²) in [6.07, 6.45) is 3.68. The molecule has 1 aromatic carbocycles. The molecule has 1 atom stereocenters. The van der Waals surface area contributed by atoms with Crippen LogP contribution in [0, 0.1) is 5.92 Å². The van der Waals surface area contributed by atoms with Crippen LogP contribution in [-0.4, -0.2) is 67.7 Å². The van der Waals surface area contributed by atoms with Gasteiger partial charge in [0.15, 0.2) is 5.78 Å². The summed E-state index contributed by atoms with van der Waals surface area (Å²) in [4.78, 5) is 41.9. The van der Waals surface area contributed by atoms with E-state index in [0.717, 1.165) is 31.4 Å². The van der Waals surface area contributed by atoms with E-state index in [4.69, 9.17) is 14.2 Å². The van der Waals surface area contributed by atoms with Gasteiger partial charge in [-0.25, -0.2) is 4.79 Å². The summed E-state index contributed by atoms with van der Waals surface area (Å²) in [6.45, 7) is 8.95. The van der Waals surface area contributed by atoms with Crippen molar-refractivity contribution in [2.24, 2.45) is 5.92 Å². The van der Waals surface area contributed by atoms with Crippen LogP contribution in [0.25, 0.3) is 0 Å². The highest BCUT2D eigenvalue weighted by molar-refractivity contribution is 6.00. The second kappa shape index (κ2) is 11.2. The summed E-state index contributed by atoms with van der Waals surface area (Å²) < 4.78 is 16.5. The van der Waals surface area contributed by atoms with E-state index >= 15 is 0 Å². The Morgan fingerprint density at radius 2 is 1.85 bits per heavy atom. The standard InChI is InChI=1S/C26H38N2O6/c1-18(29)22-12-11-21(16-23(22)33-15-7-14-32-5)28(20-9-10-20)24(30)19-8-6-13-27(17-19)25(31)34-26(2,3)4/h11-12,16,19-20H,6-10,13-15,17H2,1-5H3/t19-/m1/s1. The minimum absolute atomic E-state index is 0.0108. The molecule has 0 radical (unpaired) electrons. The Labute approximate surface area is 202 Å². The van der Waals surface area contributed by atoms with Crippen LogP contribution in [0.4, 0.5) is 10.5 Å². The molecule has 0 bridgehead atoms. The lowest BCUT2D eigenvalue weighted by Crippen LogP contribution is -2.48. The molecule has 1 saturated carbocycles. The molecule has 8 nitrogen and oxygen atoms in total. The van der Waals surface area contributed by atoms with E-state index in [-0.39, 0.29) is 29.7 Å². The van der Waals surface area contributed by atoms with Crippen molar-refractivity contribution in [3.8, 4) is 5.75 Å². The van der Waals surface area contributed by atoms with Crippen LogP contribution in [0.5, 0.6) is 5.75 Å². The summed E-state index contributed by atoms with van der Waals surface area (Å²) in [6, 6.07) is 5.49. The number of hydrogen-bond acceptors (Lipinski definition) is 6. The highest BCUT2D eigenvalue weighted by Crippen LogP contribution is 2.37. The first-order valence-corrected chi connectivity index (χ1v) is 12.2. The molecule has 8 heteroatoms. The predicted molar refractivity (Wildman–Crippen MR) is 129 cm³/mol. The van der Waals surface area contributed by atoms with E-state index < -0.39 is 5.60 Å². The summed E-state index contributed by atoms with van der Waals surface area (Å²) in [5.41, 5.74) is 0.651. The van der Waals surface area contributed by atoms with E-state index in [0.29, 0.717) is 44.0 Å².